The van der Waals surface area contributed by atoms with Gasteiger partial charge in [-0.1, -0.05) is 6.07 Å². The second kappa shape index (κ2) is 12.8. The zero-order valence-electron chi connectivity index (χ0n) is 28.0. The van der Waals surface area contributed by atoms with Crippen LogP contribution in [0.3, 0.4) is 0 Å². The van der Waals surface area contributed by atoms with Crippen LogP contribution in [0.1, 0.15) is 48.0 Å². The number of ether oxygens (including phenoxy) is 2. The molecule has 4 aromatic rings. The minimum atomic E-state index is -3.49. The third-order valence-corrected chi connectivity index (χ3v) is 9.75. The summed E-state index contributed by atoms with van der Waals surface area (Å²) >= 11 is 0. The van der Waals surface area contributed by atoms with Crippen LogP contribution in [-0.2, 0) is 25.9 Å². The third-order valence-electron chi connectivity index (χ3n) is 8.52. The number of aromatic nitrogens is 3. The minimum Gasteiger partial charge on any atom is -0.444 e. The summed E-state index contributed by atoms with van der Waals surface area (Å²) in [6.45, 7) is 11.1. The van der Waals surface area contributed by atoms with Crippen molar-refractivity contribution in [2.45, 2.75) is 63.7 Å². The molecule has 2 saturated heterocycles. The van der Waals surface area contributed by atoms with Gasteiger partial charge in [-0.25, -0.2) is 23.2 Å². The Morgan fingerprint density at radius 3 is 2.40 bits per heavy atom. The predicted molar refractivity (Wildman–Crippen MR) is 182 cm³/mol. The van der Waals surface area contributed by atoms with Gasteiger partial charge >= 0.3 is 6.09 Å². The normalized spacial score (nSPS) is 18.1. The molecule has 2 bridgehead atoms. The van der Waals surface area contributed by atoms with E-state index >= 15 is 0 Å². The Labute approximate surface area is 280 Å². The minimum absolute atomic E-state index is 0.0667. The van der Waals surface area contributed by atoms with Gasteiger partial charge in [0, 0.05) is 36.5 Å². The molecular formula is C35H40N6O6S. The molecule has 1 aromatic carbocycles. The maximum atomic E-state index is 13.0. The Bertz CT molecular complexity index is 2000. The zero-order valence-corrected chi connectivity index (χ0v) is 28.8. The number of hydrogen-bond acceptors (Lipinski definition) is 10. The molecule has 0 radical (unpaired) electrons. The first kappa shape index (κ1) is 33.3. The largest absolute Gasteiger partial charge is 0.444 e. The Balaban J connectivity index is 1.19. The van der Waals surface area contributed by atoms with Gasteiger partial charge in [0.1, 0.15) is 11.4 Å². The van der Waals surface area contributed by atoms with Crippen LogP contribution in [-0.4, -0.2) is 90.5 Å². The van der Waals surface area contributed by atoms with Crippen molar-refractivity contribution in [3.8, 4) is 11.4 Å². The quantitative estimate of drug-likeness (QED) is 0.312. The van der Waals surface area contributed by atoms with Crippen LogP contribution in [0, 0.1) is 13.8 Å². The number of piperazine rings is 1. The molecule has 2 aliphatic heterocycles. The van der Waals surface area contributed by atoms with Gasteiger partial charge in [0.05, 0.1) is 59.3 Å². The number of aryl methyl sites for hydroxylation is 1. The number of anilines is 1. The van der Waals surface area contributed by atoms with Crippen molar-refractivity contribution in [1.29, 1.82) is 0 Å². The summed E-state index contributed by atoms with van der Waals surface area (Å²) in [6.07, 6.45) is 2.53. The fourth-order valence-corrected chi connectivity index (χ4v) is 7.19. The van der Waals surface area contributed by atoms with Crippen molar-refractivity contribution in [2.75, 3.05) is 37.5 Å². The van der Waals surface area contributed by atoms with E-state index in [0.717, 1.165) is 23.0 Å². The van der Waals surface area contributed by atoms with E-state index in [-0.39, 0.29) is 35.2 Å². The molecule has 1 N–H and O–H groups in total. The first-order valence-corrected chi connectivity index (χ1v) is 17.7. The lowest BCUT2D eigenvalue weighted by Crippen LogP contribution is -2.66. The number of nitrogens with zero attached hydrogens (tertiary/aromatic N) is 5. The summed E-state index contributed by atoms with van der Waals surface area (Å²) in [5, 5.41) is 3.69. The highest BCUT2D eigenvalue weighted by atomic mass is 32.2. The first-order chi connectivity index (χ1) is 22.7. The van der Waals surface area contributed by atoms with Crippen LogP contribution in [0.2, 0.25) is 0 Å². The van der Waals surface area contributed by atoms with Crippen LogP contribution < -0.4 is 10.2 Å². The Morgan fingerprint density at radius 2 is 1.71 bits per heavy atom. The van der Waals surface area contributed by atoms with Crippen molar-refractivity contribution in [1.82, 2.24) is 25.2 Å². The number of sulfone groups is 1. The average Bonchev–Trinajstić information content (AvgIpc) is 3.02. The summed E-state index contributed by atoms with van der Waals surface area (Å²) in [5.41, 5.74) is 3.73. The van der Waals surface area contributed by atoms with Gasteiger partial charge in [-0.2, -0.15) is 0 Å². The lowest BCUT2D eigenvalue weighted by Gasteiger charge is -2.50. The van der Waals surface area contributed by atoms with Gasteiger partial charge in [-0.05, 0) is 88.2 Å². The highest BCUT2D eigenvalue weighted by molar-refractivity contribution is 7.90. The highest BCUT2D eigenvalue weighted by Gasteiger charge is 2.41. The van der Waals surface area contributed by atoms with E-state index in [1.807, 2.05) is 57.2 Å². The molecule has 6 rings (SSSR count). The molecule has 48 heavy (non-hydrogen) atoms. The molecule has 0 spiro atoms. The smallest absolute Gasteiger partial charge is 0.410 e. The summed E-state index contributed by atoms with van der Waals surface area (Å²) in [4.78, 5) is 44.4. The molecule has 0 unspecified atom stereocenters. The van der Waals surface area contributed by atoms with E-state index in [0.29, 0.717) is 54.5 Å². The lowest BCUT2D eigenvalue weighted by molar-refractivity contribution is -0.0107. The maximum Gasteiger partial charge on any atom is 0.410 e. The average molecular weight is 673 g/mol. The maximum absolute atomic E-state index is 13.0. The van der Waals surface area contributed by atoms with Crippen LogP contribution in [0.25, 0.3) is 22.3 Å². The second-order valence-corrected chi connectivity index (χ2v) is 15.4. The number of benzene rings is 1. The zero-order chi connectivity index (χ0) is 34.4. The fourth-order valence-electron chi connectivity index (χ4n) is 6.14. The van der Waals surface area contributed by atoms with Crippen molar-refractivity contribution >= 4 is 38.6 Å². The van der Waals surface area contributed by atoms with Crippen molar-refractivity contribution in [3.05, 3.63) is 77.1 Å². The monoisotopic (exact) mass is 672 g/mol. The number of carbonyl (C=O) groups is 2. The number of pyridine rings is 3. The van der Waals surface area contributed by atoms with Crippen molar-refractivity contribution in [2.24, 2.45) is 0 Å². The molecule has 13 heteroatoms. The van der Waals surface area contributed by atoms with Gasteiger partial charge in [0.2, 0.25) is 0 Å². The molecule has 12 nitrogen and oxygen atoms in total. The summed E-state index contributed by atoms with van der Waals surface area (Å²) < 4.78 is 36.0. The van der Waals surface area contributed by atoms with Gasteiger partial charge < -0.3 is 24.6 Å². The SMILES string of the molecule is Cc1cc(C(=O)NCc2cc3nc(-c4cccc(N5[C@@H]6COC[C@H]5CN(C(=O)OC(C)(C)C)C6)n4)ccc3cn2)cc(S(C)(=O)=O)c1C. The first-order valence-electron chi connectivity index (χ1n) is 15.8. The molecule has 2 atom stereocenters. The van der Waals surface area contributed by atoms with E-state index in [1.165, 1.54) is 6.07 Å². The van der Waals surface area contributed by atoms with Crippen LogP contribution >= 0.6 is 0 Å². The number of hydrogen-bond donors (Lipinski definition) is 1. The van der Waals surface area contributed by atoms with E-state index < -0.39 is 21.3 Å². The second-order valence-electron chi connectivity index (χ2n) is 13.5. The van der Waals surface area contributed by atoms with Gasteiger partial charge in [-0.3, -0.25) is 9.78 Å². The lowest BCUT2D eigenvalue weighted by atomic mass is 10.0. The van der Waals surface area contributed by atoms with Gasteiger partial charge in [-0.15, -0.1) is 0 Å². The molecule has 252 valence electrons. The Hall–Kier alpha value is -4.62. The summed E-state index contributed by atoms with van der Waals surface area (Å²) in [5.74, 6) is 0.398. The molecule has 2 fully saturated rings. The van der Waals surface area contributed by atoms with E-state index in [4.69, 9.17) is 19.4 Å². The number of carbonyl (C=O) groups excluding carboxylic acids is 2. The van der Waals surface area contributed by atoms with E-state index in [1.54, 1.807) is 31.0 Å². The van der Waals surface area contributed by atoms with Crippen LogP contribution in [0.15, 0.2) is 59.6 Å². The van der Waals surface area contributed by atoms with E-state index in [2.05, 4.69) is 15.2 Å². The number of amides is 2. The summed E-state index contributed by atoms with van der Waals surface area (Å²) in [6, 6.07) is 14.5. The predicted octanol–water partition coefficient (Wildman–Crippen LogP) is 4.47. The number of morpholine rings is 1. The Kier molecular flexibility index (Phi) is 8.86. The Morgan fingerprint density at radius 1 is 1.00 bits per heavy atom. The topological polar surface area (TPSA) is 144 Å². The third kappa shape index (κ3) is 7.12. The number of rotatable bonds is 6. The molecular weight excluding hydrogens is 632 g/mol. The van der Waals surface area contributed by atoms with Crippen LogP contribution in [0.5, 0.6) is 0 Å². The molecule has 5 heterocycles. The molecule has 2 aliphatic rings. The highest BCUT2D eigenvalue weighted by Crippen LogP contribution is 2.30. The van der Waals surface area contributed by atoms with E-state index in [9.17, 15) is 18.0 Å². The van der Waals surface area contributed by atoms with Crippen molar-refractivity contribution in [3.63, 3.8) is 0 Å². The number of fused-ring (bicyclic) bond motifs is 3. The summed E-state index contributed by atoms with van der Waals surface area (Å²) in [7, 11) is -3.49. The molecule has 3 aromatic heterocycles. The fraction of sp³-hybridized carbons (Fsp3) is 0.400. The molecule has 0 saturated carbocycles. The van der Waals surface area contributed by atoms with Gasteiger partial charge in [0.15, 0.2) is 9.84 Å². The van der Waals surface area contributed by atoms with Crippen molar-refractivity contribution < 1.29 is 27.5 Å². The van der Waals surface area contributed by atoms with Gasteiger partial charge in [0.25, 0.3) is 5.91 Å². The van der Waals surface area contributed by atoms with Crippen LogP contribution in [0.4, 0.5) is 10.6 Å². The molecule has 0 aliphatic carbocycles. The standard InChI is InChI=1S/C35H40N6O6S/c1-21-12-24(13-31(22(21)2)48(6,44)45)33(42)37-16-25-14-30-23(15-36-25)10-11-29(38-30)28-8-7-9-32(39-28)41-26-17-40(18-27(41)20-46-19-26)34(43)47-35(3,4)5/h7-15,26-27H,16-20H2,1-6H3,(H,37,42)/t26-,27+. The molecule has 2 amide bonds. The number of nitrogens with one attached hydrogen (secondary N) is 1.